The summed E-state index contributed by atoms with van der Waals surface area (Å²) >= 11 is 0. The van der Waals surface area contributed by atoms with Gasteiger partial charge in [0.15, 0.2) is 11.8 Å². The maximum absolute atomic E-state index is 4.88. The summed E-state index contributed by atoms with van der Waals surface area (Å²) in [6, 6.07) is 9.49. The van der Waals surface area contributed by atoms with E-state index in [4.69, 9.17) is 4.99 Å². The third-order valence-electron chi connectivity index (χ3n) is 6.59. The minimum absolute atomic E-state index is 0.513. The molecule has 31 heavy (non-hydrogen) atoms. The third kappa shape index (κ3) is 6.29. The summed E-state index contributed by atoms with van der Waals surface area (Å²) in [7, 11) is 2.00. The fourth-order valence-corrected chi connectivity index (χ4v) is 4.48. The molecule has 0 radical (unpaired) electrons. The molecule has 0 amide bonds. The number of likely N-dealkylation sites (tertiary alicyclic amines) is 1. The van der Waals surface area contributed by atoms with E-state index in [1.807, 2.05) is 18.5 Å². The van der Waals surface area contributed by atoms with Crippen LogP contribution >= 0.6 is 0 Å². The first kappa shape index (κ1) is 21.8. The molecule has 0 atom stereocenters. The third-order valence-corrected chi connectivity index (χ3v) is 6.59. The van der Waals surface area contributed by atoms with Crippen molar-refractivity contribution in [1.29, 1.82) is 0 Å². The SMILES string of the molecule is Cc1nnc(CNC(=NCc2ccc(CN3CCCCC3)cc2)NC2CCCC2)n1C. The van der Waals surface area contributed by atoms with E-state index < -0.39 is 0 Å². The van der Waals surface area contributed by atoms with Gasteiger partial charge in [0, 0.05) is 19.6 Å². The fourth-order valence-electron chi connectivity index (χ4n) is 4.48. The van der Waals surface area contributed by atoms with Gasteiger partial charge in [-0.25, -0.2) is 4.99 Å². The van der Waals surface area contributed by atoms with Crippen molar-refractivity contribution in [1.82, 2.24) is 30.3 Å². The number of nitrogens with one attached hydrogen (secondary N) is 2. The summed E-state index contributed by atoms with van der Waals surface area (Å²) in [6.07, 6.45) is 9.09. The van der Waals surface area contributed by atoms with Crippen LogP contribution in [0.1, 0.15) is 67.7 Å². The van der Waals surface area contributed by atoms with Gasteiger partial charge in [-0.15, -0.1) is 10.2 Å². The molecular formula is C24H37N7. The summed E-state index contributed by atoms with van der Waals surface area (Å²) < 4.78 is 2.02. The molecule has 2 aromatic rings. The molecule has 2 aliphatic rings. The lowest BCUT2D eigenvalue weighted by Gasteiger charge is -2.26. The van der Waals surface area contributed by atoms with E-state index in [0.29, 0.717) is 19.1 Å². The molecular weight excluding hydrogens is 386 g/mol. The second-order valence-electron chi connectivity index (χ2n) is 9.02. The number of aliphatic imine (C=N–C) groups is 1. The second kappa shape index (κ2) is 10.8. The van der Waals surface area contributed by atoms with E-state index in [0.717, 1.165) is 24.2 Å². The van der Waals surface area contributed by atoms with Gasteiger partial charge in [-0.1, -0.05) is 43.5 Å². The summed E-state index contributed by atoms with van der Waals surface area (Å²) in [5.41, 5.74) is 2.64. The molecule has 1 aliphatic carbocycles. The van der Waals surface area contributed by atoms with E-state index in [1.165, 1.54) is 69.2 Å². The molecule has 0 bridgehead atoms. The molecule has 1 aliphatic heterocycles. The van der Waals surface area contributed by atoms with Gasteiger partial charge in [-0.2, -0.15) is 0 Å². The molecule has 0 spiro atoms. The van der Waals surface area contributed by atoms with Gasteiger partial charge < -0.3 is 15.2 Å². The maximum Gasteiger partial charge on any atom is 0.192 e. The van der Waals surface area contributed by atoms with Gasteiger partial charge in [-0.05, 0) is 56.8 Å². The highest BCUT2D eigenvalue weighted by Gasteiger charge is 2.17. The van der Waals surface area contributed by atoms with Crippen LogP contribution in [0, 0.1) is 6.92 Å². The van der Waals surface area contributed by atoms with Crippen molar-refractivity contribution in [3.05, 3.63) is 47.0 Å². The summed E-state index contributed by atoms with van der Waals surface area (Å²) in [6.45, 7) is 6.79. The number of benzene rings is 1. The van der Waals surface area contributed by atoms with E-state index in [9.17, 15) is 0 Å². The van der Waals surface area contributed by atoms with Gasteiger partial charge in [0.2, 0.25) is 0 Å². The molecule has 4 rings (SSSR count). The number of hydrogen-bond donors (Lipinski definition) is 2. The van der Waals surface area contributed by atoms with Gasteiger partial charge in [0.25, 0.3) is 0 Å². The second-order valence-corrected chi connectivity index (χ2v) is 9.02. The van der Waals surface area contributed by atoms with Crippen LogP contribution in [-0.4, -0.2) is 44.8 Å². The van der Waals surface area contributed by atoms with Crippen molar-refractivity contribution in [2.75, 3.05) is 13.1 Å². The fraction of sp³-hybridized carbons (Fsp3) is 0.625. The van der Waals surface area contributed by atoms with E-state index in [2.05, 4.69) is 50.0 Å². The molecule has 1 aromatic heterocycles. The molecule has 7 heteroatoms. The van der Waals surface area contributed by atoms with Gasteiger partial charge in [-0.3, -0.25) is 4.90 Å². The van der Waals surface area contributed by atoms with Gasteiger partial charge in [0.1, 0.15) is 5.82 Å². The lowest BCUT2D eigenvalue weighted by Crippen LogP contribution is -2.42. The Balaban J connectivity index is 1.35. The van der Waals surface area contributed by atoms with E-state index >= 15 is 0 Å². The number of rotatable bonds is 7. The Bertz CT molecular complexity index is 843. The Morgan fingerprint density at radius 1 is 1.00 bits per heavy atom. The number of aryl methyl sites for hydroxylation is 1. The van der Waals surface area contributed by atoms with Crippen LogP contribution in [0.5, 0.6) is 0 Å². The monoisotopic (exact) mass is 423 g/mol. The lowest BCUT2D eigenvalue weighted by atomic mass is 10.1. The number of piperidine rings is 1. The topological polar surface area (TPSA) is 70.4 Å². The predicted molar refractivity (Wildman–Crippen MR) is 125 cm³/mol. The van der Waals surface area contributed by atoms with E-state index in [-0.39, 0.29) is 0 Å². The van der Waals surface area contributed by atoms with Crippen LogP contribution in [0.3, 0.4) is 0 Å². The van der Waals surface area contributed by atoms with Crippen molar-refractivity contribution in [3.63, 3.8) is 0 Å². The Kier molecular flexibility index (Phi) is 7.57. The van der Waals surface area contributed by atoms with Crippen molar-refractivity contribution in [2.24, 2.45) is 12.0 Å². The highest BCUT2D eigenvalue weighted by Crippen LogP contribution is 2.18. The Morgan fingerprint density at radius 2 is 1.71 bits per heavy atom. The Labute approximate surface area is 186 Å². The predicted octanol–water partition coefficient (Wildman–Crippen LogP) is 3.29. The first-order valence-electron chi connectivity index (χ1n) is 11.9. The molecule has 2 heterocycles. The molecule has 2 N–H and O–H groups in total. The highest BCUT2D eigenvalue weighted by molar-refractivity contribution is 5.80. The van der Waals surface area contributed by atoms with Crippen LogP contribution in [0.15, 0.2) is 29.3 Å². The van der Waals surface area contributed by atoms with Crippen molar-refractivity contribution < 1.29 is 0 Å². The zero-order valence-electron chi connectivity index (χ0n) is 19.1. The first-order chi connectivity index (χ1) is 15.2. The average molecular weight is 424 g/mol. The number of hydrogen-bond acceptors (Lipinski definition) is 4. The number of nitrogens with zero attached hydrogens (tertiary/aromatic N) is 5. The van der Waals surface area contributed by atoms with Crippen LogP contribution in [0.4, 0.5) is 0 Å². The minimum atomic E-state index is 0.513. The number of aromatic nitrogens is 3. The highest BCUT2D eigenvalue weighted by atomic mass is 15.3. The van der Waals surface area contributed by atoms with Gasteiger partial charge >= 0.3 is 0 Å². The Morgan fingerprint density at radius 3 is 2.39 bits per heavy atom. The minimum Gasteiger partial charge on any atom is -0.354 e. The van der Waals surface area contributed by atoms with Crippen molar-refractivity contribution >= 4 is 5.96 Å². The Hall–Kier alpha value is -2.41. The summed E-state index contributed by atoms with van der Waals surface area (Å²) in [5.74, 6) is 2.70. The van der Waals surface area contributed by atoms with Crippen molar-refractivity contribution in [3.8, 4) is 0 Å². The largest absolute Gasteiger partial charge is 0.354 e. The molecule has 1 saturated carbocycles. The smallest absolute Gasteiger partial charge is 0.192 e. The first-order valence-corrected chi connectivity index (χ1v) is 11.9. The van der Waals surface area contributed by atoms with Crippen LogP contribution in [0.25, 0.3) is 0 Å². The van der Waals surface area contributed by atoms with Gasteiger partial charge in [0.05, 0.1) is 13.1 Å². The van der Waals surface area contributed by atoms with Crippen LogP contribution in [-0.2, 0) is 26.7 Å². The molecule has 7 nitrogen and oxygen atoms in total. The maximum atomic E-state index is 4.88. The molecule has 2 fully saturated rings. The average Bonchev–Trinajstić information content (AvgIpc) is 3.42. The van der Waals surface area contributed by atoms with Crippen LogP contribution < -0.4 is 10.6 Å². The number of guanidine groups is 1. The zero-order valence-corrected chi connectivity index (χ0v) is 19.1. The standard InChI is InChI=1S/C24H37N7/c1-19-28-29-23(30(19)2)17-26-24(27-22-8-4-5-9-22)25-16-20-10-12-21(13-11-20)18-31-14-6-3-7-15-31/h10-13,22H,3-9,14-18H2,1-2H3,(H2,25,26,27). The zero-order chi connectivity index (χ0) is 21.5. The lowest BCUT2D eigenvalue weighted by molar-refractivity contribution is 0.221. The summed E-state index contributed by atoms with van der Waals surface area (Å²) in [5, 5.41) is 15.5. The molecule has 1 aromatic carbocycles. The normalized spacial score (nSPS) is 18.5. The molecule has 168 valence electrons. The quantitative estimate of drug-likeness (QED) is 0.528. The summed E-state index contributed by atoms with van der Waals surface area (Å²) in [4.78, 5) is 7.45. The van der Waals surface area contributed by atoms with Crippen molar-refractivity contribution in [2.45, 2.75) is 77.5 Å². The molecule has 1 saturated heterocycles. The molecule has 0 unspecified atom stereocenters. The van der Waals surface area contributed by atoms with Crippen LogP contribution in [0.2, 0.25) is 0 Å². The van der Waals surface area contributed by atoms with E-state index in [1.54, 1.807) is 0 Å².